The van der Waals surface area contributed by atoms with Crippen LogP contribution in [0.3, 0.4) is 0 Å². The van der Waals surface area contributed by atoms with Gasteiger partial charge in [0.1, 0.15) is 10.6 Å². The predicted octanol–water partition coefficient (Wildman–Crippen LogP) is 2.79. The predicted molar refractivity (Wildman–Crippen MR) is 59.9 cm³/mol. The molecule has 0 saturated heterocycles. The van der Waals surface area contributed by atoms with Crippen molar-refractivity contribution in [3.8, 4) is 5.75 Å². The molecule has 84 valence electrons. The van der Waals surface area contributed by atoms with Crippen LogP contribution < -0.4 is 4.74 Å². The Morgan fingerprint density at radius 2 is 2.00 bits per heavy atom. The Morgan fingerprint density at radius 3 is 2.53 bits per heavy atom. The first-order valence-electron chi connectivity index (χ1n) is 4.65. The van der Waals surface area contributed by atoms with Crippen molar-refractivity contribution in [1.29, 1.82) is 0 Å². The van der Waals surface area contributed by atoms with E-state index in [1.54, 1.807) is 18.2 Å². The molecule has 0 aliphatic heterocycles. The molecular weight excluding hydrogens is 236 g/mol. The number of hydrogen-bond donors (Lipinski definition) is 0. The van der Waals surface area contributed by atoms with Gasteiger partial charge >= 0.3 is 0 Å². The summed E-state index contributed by atoms with van der Waals surface area (Å²) in [6.45, 7) is 3.83. The zero-order valence-corrected chi connectivity index (χ0v) is 10.2. The minimum Gasteiger partial charge on any atom is -0.489 e. The van der Waals surface area contributed by atoms with Crippen LogP contribution in [0.4, 0.5) is 0 Å². The van der Waals surface area contributed by atoms with E-state index in [9.17, 15) is 8.42 Å². The first kappa shape index (κ1) is 12.3. The molecule has 0 N–H and O–H groups in total. The van der Waals surface area contributed by atoms with E-state index in [1.165, 1.54) is 6.07 Å². The topological polar surface area (TPSA) is 43.4 Å². The van der Waals surface area contributed by atoms with Crippen molar-refractivity contribution >= 4 is 19.7 Å². The molecule has 0 spiro atoms. The third kappa shape index (κ3) is 3.39. The minimum absolute atomic E-state index is 0.0203. The lowest BCUT2D eigenvalue weighted by molar-refractivity contribution is 0.212. The monoisotopic (exact) mass is 248 g/mol. The van der Waals surface area contributed by atoms with Crippen LogP contribution >= 0.6 is 10.7 Å². The Labute approximate surface area is 94.4 Å². The van der Waals surface area contributed by atoms with Gasteiger partial charge in [-0.2, -0.15) is 0 Å². The Bertz CT molecular complexity index is 428. The lowest BCUT2D eigenvalue weighted by atomic mass is 10.3. The summed E-state index contributed by atoms with van der Waals surface area (Å²) < 4.78 is 27.9. The summed E-state index contributed by atoms with van der Waals surface area (Å²) in [6.07, 6.45) is 0.765. The van der Waals surface area contributed by atoms with Gasteiger partial charge in [0.15, 0.2) is 0 Å². The largest absolute Gasteiger partial charge is 0.489 e. The molecule has 1 aromatic rings. The van der Waals surface area contributed by atoms with Crippen LogP contribution in [0.2, 0.25) is 0 Å². The van der Waals surface area contributed by atoms with Crippen LogP contribution in [-0.2, 0) is 9.05 Å². The summed E-state index contributed by atoms with van der Waals surface area (Å²) in [4.78, 5) is 0.0203. The Balaban J connectivity index is 3.08. The number of halogens is 1. The first-order chi connectivity index (χ1) is 6.95. The lowest BCUT2D eigenvalue weighted by Crippen LogP contribution is -2.11. The van der Waals surface area contributed by atoms with E-state index >= 15 is 0 Å². The molecule has 1 unspecified atom stereocenters. The maximum absolute atomic E-state index is 11.2. The van der Waals surface area contributed by atoms with Gasteiger partial charge in [0, 0.05) is 10.7 Å². The molecule has 0 heterocycles. The van der Waals surface area contributed by atoms with Crippen molar-refractivity contribution in [2.24, 2.45) is 0 Å². The quantitative estimate of drug-likeness (QED) is 0.770. The fraction of sp³-hybridized carbons (Fsp3) is 0.400. The maximum atomic E-state index is 11.2. The van der Waals surface area contributed by atoms with E-state index in [4.69, 9.17) is 15.4 Å². The van der Waals surface area contributed by atoms with E-state index < -0.39 is 9.05 Å². The summed E-state index contributed by atoms with van der Waals surface area (Å²) in [5.74, 6) is 0.307. The van der Waals surface area contributed by atoms with Crippen molar-refractivity contribution < 1.29 is 13.2 Å². The van der Waals surface area contributed by atoms with Crippen molar-refractivity contribution in [3.63, 3.8) is 0 Å². The molecule has 3 nitrogen and oxygen atoms in total. The minimum atomic E-state index is -3.74. The molecule has 0 amide bonds. The van der Waals surface area contributed by atoms with Crippen LogP contribution in [0.5, 0.6) is 5.75 Å². The number of para-hydroxylation sites is 1. The molecule has 0 fully saturated rings. The zero-order valence-electron chi connectivity index (χ0n) is 8.60. The maximum Gasteiger partial charge on any atom is 0.264 e. The second kappa shape index (κ2) is 4.86. The molecule has 0 saturated carbocycles. The number of benzene rings is 1. The van der Waals surface area contributed by atoms with Crippen LogP contribution in [-0.4, -0.2) is 14.5 Å². The van der Waals surface area contributed by atoms with Gasteiger partial charge in [0.05, 0.1) is 6.10 Å². The molecule has 15 heavy (non-hydrogen) atoms. The molecule has 0 aliphatic rings. The van der Waals surface area contributed by atoms with Crippen molar-refractivity contribution in [3.05, 3.63) is 24.3 Å². The molecular formula is C10H13ClO3S. The average molecular weight is 249 g/mol. The third-order valence-electron chi connectivity index (χ3n) is 2.01. The second-order valence-corrected chi connectivity index (χ2v) is 5.76. The first-order valence-corrected chi connectivity index (χ1v) is 6.96. The number of rotatable bonds is 4. The highest BCUT2D eigenvalue weighted by atomic mass is 35.7. The third-order valence-corrected chi connectivity index (χ3v) is 3.38. The van der Waals surface area contributed by atoms with Crippen molar-refractivity contribution in [2.45, 2.75) is 31.3 Å². The summed E-state index contributed by atoms with van der Waals surface area (Å²) in [6, 6.07) is 6.35. The van der Waals surface area contributed by atoms with Gasteiger partial charge in [-0.1, -0.05) is 19.1 Å². The lowest BCUT2D eigenvalue weighted by Gasteiger charge is -2.14. The highest BCUT2D eigenvalue weighted by molar-refractivity contribution is 8.13. The van der Waals surface area contributed by atoms with Crippen LogP contribution in [0.1, 0.15) is 20.3 Å². The number of ether oxygens (including phenoxy) is 1. The van der Waals surface area contributed by atoms with Crippen LogP contribution in [0, 0.1) is 0 Å². The summed E-state index contributed by atoms with van der Waals surface area (Å²) in [5, 5.41) is 0. The van der Waals surface area contributed by atoms with E-state index in [0.29, 0.717) is 5.75 Å². The smallest absolute Gasteiger partial charge is 0.264 e. The molecule has 0 aromatic heterocycles. The van der Waals surface area contributed by atoms with Gasteiger partial charge < -0.3 is 4.74 Å². The van der Waals surface area contributed by atoms with Crippen LogP contribution in [0.25, 0.3) is 0 Å². The van der Waals surface area contributed by atoms with E-state index in [2.05, 4.69) is 0 Å². The van der Waals surface area contributed by atoms with Gasteiger partial charge in [-0.15, -0.1) is 0 Å². The molecule has 0 bridgehead atoms. The van der Waals surface area contributed by atoms with E-state index in [-0.39, 0.29) is 11.0 Å². The average Bonchev–Trinajstić information content (AvgIpc) is 2.17. The molecule has 0 aliphatic carbocycles. The second-order valence-electron chi connectivity index (χ2n) is 3.22. The van der Waals surface area contributed by atoms with E-state index in [0.717, 1.165) is 6.42 Å². The van der Waals surface area contributed by atoms with Gasteiger partial charge in [-0.3, -0.25) is 0 Å². The Kier molecular flexibility index (Phi) is 3.99. The number of hydrogen-bond acceptors (Lipinski definition) is 3. The molecule has 0 radical (unpaired) electrons. The SMILES string of the molecule is CCC(C)Oc1ccccc1S(=O)(=O)Cl. The summed E-state index contributed by atoms with van der Waals surface area (Å²) in [7, 11) is 1.54. The normalized spacial score (nSPS) is 13.5. The van der Waals surface area contributed by atoms with Gasteiger partial charge in [0.2, 0.25) is 0 Å². The Hall–Kier alpha value is -0.740. The zero-order chi connectivity index (χ0) is 11.5. The fourth-order valence-corrected chi connectivity index (χ4v) is 2.03. The summed E-state index contributed by atoms with van der Waals surface area (Å²) in [5.41, 5.74) is 0. The van der Waals surface area contributed by atoms with E-state index in [1.807, 2.05) is 13.8 Å². The fourth-order valence-electron chi connectivity index (χ4n) is 1.05. The van der Waals surface area contributed by atoms with Crippen molar-refractivity contribution in [1.82, 2.24) is 0 Å². The highest BCUT2D eigenvalue weighted by Gasteiger charge is 2.17. The Morgan fingerprint density at radius 1 is 1.40 bits per heavy atom. The van der Waals surface area contributed by atoms with Gasteiger partial charge in [0.25, 0.3) is 9.05 Å². The van der Waals surface area contributed by atoms with Gasteiger partial charge in [-0.05, 0) is 25.5 Å². The highest BCUT2D eigenvalue weighted by Crippen LogP contribution is 2.27. The molecule has 1 aromatic carbocycles. The van der Waals surface area contributed by atoms with Crippen LogP contribution in [0.15, 0.2) is 29.2 Å². The molecule has 1 atom stereocenters. The molecule has 1 rings (SSSR count). The summed E-state index contributed by atoms with van der Waals surface area (Å²) >= 11 is 0. The van der Waals surface area contributed by atoms with Gasteiger partial charge in [-0.25, -0.2) is 8.42 Å². The molecule has 5 heteroatoms. The standard InChI is InChI=1S/C10H13ClO3S/c1-3-8(2)14-9-6-4-5-7-10(9)15(11,12)13/h4-8H,3H2,1-2H3. The van der Waals surface area contributed by atoms with Crippen molar-refractivity contribution in [2.75, 3.05) is 0 Å².